The summed E-state index contributed by atoms with van der Waals surface area (Å²) in [5.74, 6) is -4.60. The summed E-state index contributed by atoms with van der Waals surface area (Å²) in [7, 11) is 0. The first kappa shape index (κ1) is 14.2. The fourth-order valence-electron chi connectivity index (χ4n) is 1.03. The molecule has 0 bridgehead atoms. The van der Waals surface area contributed by atoms with Crippen molar-refractivity contribution in [1.82, 2.24) is 5.32 Å². The van der Waals surface area contributed by atoms with Crippen molar-refractivity contribution in [3.8, 4) is 0 Å². The minimum Gasteiger partial charge on any atom is -0.390 e. The lowest BCUT2D eigenvalue weighted by atomic mass is 10.2. The Balaban J connectivity index is 2.71. The Hall–Kier alpha value is -0.830. The maximum atomic E-state index is 12.8. The molecule has 0 atom stereocenters. The molecular formula is C10H9F3INO2. The van der Waals surface area contributed by atoms with E-state index in [2.05, 4.69) is 0 Å². The molecule has 1 rings (SSSR count). The number of nitrogens with one attached hydrogen (secondary N) is 1. The summed E-state index contributed by atoms with van der Waals surface area (Å²) < 4.78 is 38.4. The van der Waals surface area contributed by atoms with Crippen LogP contribution in [0, 0.1) is 9.39 Å². The number of hydrogen-bond donors (Lipinski definition) is 2. The molecule has 1 aromatic rings. The number of benzene rings is 1. The number of carbonyl (C=O) groups is 1. The molecule has 2 N–H and O–H groups in total. The van der Waals surface area contributed by atoms with E-state index < -0.39 is 30.8 Å². The first-order valence-electron chi connectivity index (χ1n) is 4.57. The van der Waals surface area contributed by atoms with Crippen molar-refractivity contribution in [3.63, 3.8) is 0 Å². The summed E-state index contributed by atoms with van der Waals surface area (Å²) >= 11 is 1.73. The summed E-state index contributed by atoms with van der Waals surface area (Å²) in [4.78, 5) is 11.5. The van der Waals surface area contributed by atoms with Crippen LogP contribution in [-0.2, 0) is 0 Å². The monoisotopic (exact) mass is 359 g/mol. The molecule has 17 heavy (non-hydrogen) atoms. The van der Waals surface area contributed by atoms with E-state index in [4.69, 9.17) is 5.11 Å². The molecule has 0 unspecified atom stereocenters. The van der Waals surface area contributed by atoms with Crippen molar-refractivity contribution in [1.29, 1.82) is 0 Å². The van der Waals surface area contributed by atoms with Crippen LogP contribution in [0.15, 0.2) is 18.2 Å². The predicted octanol–water partition coefficient (Wildman–Crippen LogP) is 1.79. The lowest BCUT2D eigenvalue weighted by Crippen LogP contribution is -2.39. The summed E-state index contributed by atoms with van der Waals surface area (Å²) in [5, 5.41) is 10.3. The van der Waals surface area contributed by atoms with Crippen molar-refractivity contribution in [3.05, 3.63) is 33.1 Å². The Morgan fingerprint density at radius 2 is 2.12 bits per heavy atom. The second-order valence-corrected chi connectivity index (χ2v) is 4.48. The SMILES string of the molecule is O=C(NCC(F)(F)CO)c1ccc(F)cc1I. The van der Waals surface area contributed by atoms with Gasteiger partial charge in [-0.1, -0.05) is 0 Å². The summed E-state index contributed by atoms with van der Waals surface area (Å²) in [6.45, 7) is -2.30. The van der Waals surface area contributed by atoms with Gasteiger partial charge in [0.05, 0.1) is 12.1 Å². The maximum absolute atomic E-state index is 12.8. The number of aliphatic hydroxyl groups excluding tert-OH is 1. The van der Waals surface area contributed by atoms with E-state index in [0.29, 0.717) is 3.57 Å². The van der Waals surface area contributed by atoms with Gasteiger partial charge in [-0.2, -0.15) is 0 Å². The highest BCUT2D eigenvalue weighted by Gasteiger charge is 2.28. The third-order valence-electron chi connectivity index (χ3n) is 1.91. The zero-order valence-corrected chi connectivity index (χ0v) is 10.7. The average molecular weight is 359 g/mol. The van der Waals surface area contributed by atoms with E-state index in [1.807, 2.05) is 5.32 Å². The number of aliphatic hydroxyl groups is 1. The lowest BCUT2D eigenvalue weighted by Gasteiger charge is -2.14. The Kier molecular flexibility index (Phi) is 4.75. The van der Waals surface area contributed by atoms with Crippen LogP contribution in [0.5, 0.6) is 0 Å². The highest BCUT2D eigenvalue weighted by Crippen LogP contribution is 2.15. The fraction of sp³-hybridized carbons (Fsp3) is 0.300. The second kappa shape index (κ2) is 5.67. The molecule has 0 aliphatic carbocycles. The van der Waals surface area contributed by atoms with Gasteiger partial charge in [0.1, 0.15) is 12.4 Å². The van der Waals surface area contributed by atoms with E-state index in [-0.39, 0.29) is 5.56 Å². The number of halogens is 4. The molecule has 1 amide bonds. The molecule has 0 radical (unpaired) electrons. The largest absolute Gasteiger partial charge is 0.390 e. The van der Waals surface area contributed by atoms with Gasteiger partial charge in [-0.15, -0.1) is 0 Å². The Morgan fingerprint density at radius 1 is 1.47 bits per heavy atom. The molecule has 3 nitrogen and oxygen atoms in total. The molecule has 0 spiro atoms. The summed E-state index contributed by atoms with van der Waals surface area (Å²) in [6.07, 6.45) is 0. The van der Waals surface area contributed by atoms with Gasteiger partial charge in [-0.05, 0) is 40.8 Å². The van der Waals surface area contributed by atoms with E-state index in [1.54, 1.807) is 22.6 Å². The zero-order valence-electron chi connectivity index (χ0n) is 8.51. The van der Waals surface area contributed by atoms with Crippen molar-refractivity contribution in [2.24, 2.45) is 0 Å². The number of hydrogen-bond acceptors (Lipinski definition) is 2. The van der Waals surface area contributed by atoms with Crippen LogP contribution in [0.2, 0.25) is 0 Å². The van der Waals surface area contributed by atoms with Gasteiger partial charge >= 0.3 is 0 Å². The molecule has 0 fully saturated rings. The van der Waals surface area contributed by atoms with Crippen LogP contribution >= 0.6 is 22.6 Å². The molecule has 0 saturated carbocycles. The minimum atomic E-state index is -3.36. The van der Waals surface area contributed by atoms with Gasteiger partial charge in [0.2, 0.25) is 0 Å². The number of carbonyl (C=O) groups excluding carboxylic acids is 1. The molecule has 94 valence electrons. The van der Waals surface area contributed by atoms with E-state index in [0.717, 1.165) is 12.1 Å². The van der Waals surface area contributed by atoms with Crippen LogP contribution in [-0.4, -0.2) is 30.1 Å². The van der Waals surface area contributed by atoms with Crippen LogP contribution in [0.3, 0.4) is 0 Å². The normalized spacial score (nSPS) is 11.4. The first-order valence-corrected chi connectivity index (χ1v) is 5.65. The molecular weight excluding hydrogens is 350 g/mol. The molecule has 0 heterocycles. The van der Waals surface area contributed by atoms with Crippen LogP contribution in [0.25, 0.3) is 0 Å². The predicted molar refractivity (Wildman–Crippen MR) is 63.5 cm³/mol. The third kappa shape index (κ3) is 4.15. The Bertz CT molecular complexity index is 426. The van der Waals surface area contributed by atoms with Crippen molar-refractivity contribution in [2.45, 2.75) is 5.92 Å². The quantitative estimate of drug-likeness (QED) is 0.806. The van der Waals surface area contributed by atoms with Crippen molar-refractivity contribution >= 4 is 28.5 Å². The second-order valence-electron chi connectivity index (χ2n) is 3.32. The molecule has 0 aliphatic rings. The van der Waals surface area contributed by atoms with Gasteiger partial charge in [0.25, 0.3) is 11.8 Å². The van der Waals surface area contributed by atoms with Gasteiger partial charge in [-0.25, -0.2) is 13.2 Å². The highest BCUT2D eigenvalue weighted by molar-refractivity contribution is 14.1. The standard InChI is InChI=1S/C10H9F3INO2/c11-6-1-2-7(8(14)3-6)9(17)15-4-10(12,13)5-16/h1-3,16H,4-5H2,(H,15,17). The maximum Gasteiger partial charge on any atom is 0.287 e. The smallest absolute Gasteiger partial charge is 0.287 e. The van der Waals surface area contributed by atoms with Gasteiger partial charge in [0.15, 0.2) is 0 Å². The van der Waals surface area contributed by atoms with Crippen LogP contribution < -0.4 is 5.32 Å². The fourth-order valence-corrected chi connectivity index (χ4v) is 1.76. The Morgan fingerprint density at radius 3 is 2.65 bits per heavy atom. The number of rotatable bonds is 4. The minimum absolute atomic E-state index is 0.112. The number of amides is 1. The van der Waals surface area contributed by atoms with Crippen molar-refractivity contribution in [2.75, 3.05) is 13.2 Å². The zero-order chi connectivity index (χ0) is 13.1. The van der Waals surface area contributed by atoms with E-state index in [9.17, 15) is 18.0 Å². The number of alkyl halides is 2. The van der Waals surface area contributed by atoms with E-state index in [1.165, 1.54) is 6.07 Å². The molecule has 7 heteroatoms. The molecule has 0 aromatic heterocycles. The van der Waals surface area contributed by atoms with Gasteiger partial charge in [0, 0.05) is 3.57 Å². The average Bonchev–Trinajstić information content (AvgIpc) is 2.26. The van der Waals surface area contributed by atoms with Gasteiger partial charge < -0.3 is 10.4 Å². The van der Waals surface area contributed by atoms with Crippen LogP contribution in [0.1, 0.15) is 10.4 Å². The first-order chi connectivity index (χ1) is 7.85. The van der Waals surface area contributed by atoms with E-state index >= 15 is 0 Å². The Labute approximate surface area is 109 Å². The molecule has 1 aromatic carbocycles. The van der Waals surface area contributed by atoms with Gasteiger partial charge in [-0.3, -0.25) is 4.79 Å². The topological polar surface area (TPSA) is 49.3 Å². The van der Waals surface area contributed by atoms with Crippen LogP contribution in [0.4, 0.5) is 13.2 Å². The molecule has 0 aliphatic heterocycles. The lowest BCUT2D eigenvalue weighted by molar-refractivity contribution is -0.0462. The summed E-state index contributed by atoms with van der Waals surface area (Å²) in [5.41, 5.74) is 0.112. The molecule has 0 saturated heterocycles. The third-order valence-corrected chi connectivity index (χ3v) is 2.81. The highest BCUT2D eigenvalue weighted by atomic mass is 127. The van der Waals surface area contributed by atoms with Crippen molar-refractivity contribution < 1.29 is 23.1 Å². The summed E-state index contributed by atoms with van der Waals surface area (Å²) in [6, 6.07) is 3.41.